The topological polar surface area (TPSA) is 69.6 Å². The Morgan fingerprint density at radius 2 is 2.00 bits per heavy atom. The molecule has 0 aliphatic rings. The Morgan fingerprint density at radius 1 is 1.38 bits per heavy atom. The van der Waals surface area contributed by atoms with E-state index in [1.807, 2.05) is 0 Å². The van der Waals surface area contributed by atoms with Gasteiger partial charge in [-0.15, -0.1) is 0 Å². The van der Waals surface area contributed by atoms with Crippen LogP contribution in [0.4, 0.5) is 9.18 Å². The van der Waals surface area contributed by atoms with Crippen molar-refractivity contribution in [3.8, 4) is 0 Å². The molecule has 2 N–H and O–H groups in total. The van der Waals surface area contributed by atoms with Gasteiger partial charge in [-0.05, 0) is 23.1 Å². The maximum Gasteiger partial charge on any atom is 0.326 e. The molecule has 0 fully saturated rings. The van der Waals surface area contributed by atoms with Crippen LogP contribution in [0.2, 0.25) is 0 Å². The van der Waals surface area contributed by atoms with Crippen LogP contribution in [0.25, 0.3) is 0 Å². The first-order valence-corrected chi connectivity index (χ1v) is 6.60. The van der Waals surface area contributed by atoms with Gasteiger partial charge in [0.1, 0.15) is 11.9 Å². The second kappa shape index (κ2) is 6.56. The second-order valence-electron chi connectivity index (χ2n) is 6.07. The fourth-order valence-corrected chi connectivity index (χ4v) is 1.86. The molecule has 2 amide bonds. The summed E-state index contributed by atoms with van der Waals surface area (Å²) in [5, 5.41) is 11.7. The normalized spacial score (nSPS) is 12.6. The minimum absolute atomic E-state index is 0.195. The molecule has 0 radical (unpaired) electrons. The first-order chi connectivity index (χ1) is 9.61. The molecule has 0 aliphatic carbocycles. The highest BCUT2D eigenvalue weighted by Crippen LogP contribution is 2.19. The van der Waals surface area contributed by atoms with Crippen LogP contribution in [0.3, 0.4) is 0 Å². The van der Waals surface area contributed by atoms with Gasteiger partial charge in [-0.25, -0.2) is 14.0 Å². The van der Waals surface area contributed by atoms with Crippen LogP contribution in [0.1, 0.15) is 26.3 Å². The van der Waals surface area contributed by atoms with E-state index in [-0.39, 0.29) is 12.4 Å². The van der Waals surface area contributed by atoms with Crippen molar-refractivity contribution in [3.05, 3.63) is 35.6 Å². The van der Waals surface area contributed by atoms with Gasteiger partial charge in [0.15, 0.2) is 0 Å². The van der Waals surface area contributed by atoms with Gasteiger partial charge >= 0.3 is 12.0 Å². The number of benzene rings is 1. The van der Waals surface area contributed by atoms with Crippen LogP contribution >= 0.6 is 0 Å². The lowest BCUT2D eigenvalue weighted by Crippen LogP contribution is -2.52. The van der Waals surface area contributed by atoms with Gasteiger partial charge in [0.2, 0.25) is 0 Å². The number of nitrogens with zero attached hydrogens (tertiary/aromatic N) is 1. The summed E-state index contributed by atoms with van der Waals surface area (Å²) in [4.78, 5) is 24.6. The van der Waals surface area contributed by atoms with E-state index in [2.05, 4.69) is 5.32 Å². The summed E-state index contributed by atoms with van der Waals surface area (Å²) < 4.78 is 13.1. The predicted molar refractivity (Wildman–Crippen MR) is 77.3 cm³/mol. The summed E-state index contributed by atoms with van der Waals surface area (Å²) in [5.74, 6) is -1.46. The van der Waals surface area contributed by atoms with Crippen LogP contribution in [-0.2, 0) is 11.3 Å². The van der Waals surface area contributed by atoms with Crippen molar-refractivity contribution in [1.29, 1.82) is 0 Å². The van der Waals surface area contributed by atoms with Crippen LogP contribution in [0, 0.1) is 11.2 Å². The largest absolute Gasteiger partial charge is 0.480 e. The highest BCUT2D eigenvalue weighted by Gasteiger charge is 2.33. The molecule has 21 heavy (non-hydrogen) atoms. The molecule has 0 unspecified atom stereocenters. The highest BCUT2D eigenvalue weighted by atomic mass is 19.1. The van der Waals surface area contributed by atoms with Gasteiger partial charge in [-0.2, -0.15) is 0 Å². The Bertz CT molecular complexity index is 526. The van der Waals surface area contributed by atoms with Crippen molar-refractivity contribution < 1.29 is 19.1 Å². The smallest absolute Gasteiger partial charge is 0.326 e. The average Bonchev–Trinajstić information content (AvgIpc) is 2.33. The number of carboxylic acids is 1. The fourth-order valence-electron chi connectivity index (χ4n) is 1.86. The lowest BCUT2D eigenvalue weighted by Gasteiger charge is -2.29. The van der Waals surface area contributed by atoms with E-state index in [1.54, 1.807) is 32.9 Å². The molecule has 1 aromatic carbocycles. The van der Waals surface area contributed by atoms with Crippen LogP contribution in [0.15, 0.2) is 24.3 Å². The minimum atomic E-state index is -1.09. The molecule has 0 aromatic heterocycles. The van der Waals surface area contributed by atoms with Crippen LogP contribution < -0.4 is 5.32 Å². The third kappa shape index (κ3) is 5.06. The maximum absolute atomic E-state index is 13.1. The Labute approximate surface area is 123 Å². The number of carbonyl (C=O) groups excluding carboxylic acids is 1. The van der Waals surface area contributed by atoms with Crippen molar-refractivity contribution in [3.63, 3.8) is 0 Å². The Hall–Kier alpha value is -2.11. The molecule has 0 bridgehead atoms. The zero-order valence-corrected chi connectivity index (χ0v) is 12.7. The zero-order valence-electron chi connectivity index (χ0n) is 12.7. The average molecular weight is 296 g/mol. The van der Waals surface area contributed by atoms with Crippen molar-refractivity contribution in [2.45, 2.75) is 33.4 Å². The van der Waals surface area contributed by atoms with Crippen molar-refractivity contribution in [2.24, 2.45) is 5.41 Å². The minimum Gasteiger partial charge on any atom is -0.480 e. The number of hydrogen-bond donors (Lipinski definition) is 2. The SMILES string of the molecule is CN(Cc1cccc(F)c1)C(=O)N[C@@H](C(=O)O)C(C)(C)C. The van der Waals surface area contributed by atoms with E-state index in [9.17, 15) is 19.1 Å². The van der Waals surface area contributed by atoms with E-state index in [1.165, 1.54) is 24.1 Å². The number of hydrogen-bond acceptors (Lipinski definition) is 2. The first-order valence-electron chi connectivity index (χ1n) is 6.60. The number of carbonyl (C=O) groups is 2. The highest BCUT2D eigenvalue weighted by molar-refractivity contribution is 5.83. The quantitative estimate of drug-likeness (QED) is 0.896. The standard InChI is InChI=1S/C15H21FN2O3/c1-15(2,3)12(13(19)20)17-14(21)18(4)9-10-6-5-7-11(16)8-10/h5-8,12H,9H2,1-4H3,(H,17,21)(H,19,20)/t12-/m0/s1. The number of nitrogens with one attached hydrogen (secondary N) is 1. The number of urea groups is 1. The van der Waals surface area contributed by atoms with E-state index in [0.717, 1.165) is 0 Å². The zero-order chi connectivity index (χ0) is 16.2. The summed E-state index contributed by atoms with van der Waals surface area (Å²) in [7, 11) is 1.53. The molecule has 116 valence electrons. The third-order valence-electron chi connectivity index (χ3n) is 3.04. The third-order valence-corrected chi connectivity index (χ3v) is 3.04. The number of rotatable bonds is 4. The molecule has 1 aromatic rings. The molecule has 1 rings (SSSR count). The van der Waals surface area contributed by atoms with Crippen LogP contribution in [0.5, 0.6) is 0 Å². The van der Waals surface area contributed by atoms with Gasteiger partial charge in [-0.3, -0.25) is 0 Å². The van der Waals surface area contributed by atoms with E-state index in [4.69, 9.17) is 0 Å². The molecular weight excluding hydrogens is 275 g/mol. The molecular formula is C15H21FN2O3. The monoisotopic (exact) mass is 296 g/mol. The number of carboxylic acid groups (broad SMARTS) is 1. The molecule has 5 nitrogen and oxygen atoms in total. The molecule has 0 aliphatic heterocycles. The second-order valence-corrected chi connectivity index (χ2v) is 6.07. The molecule has 0 saturated heterocycles. The van der Waals surface area contributed by atoms with Gasteiger partial charge in [-0.1, -0.05) is 32.9 Å². The van der Waals surface area contributed by atoms with Gasteiger partial charge < -0.3 is 15.3 Å². The van der Waals surface area contributed by atoms with Crippen LogP contribution in [-0.4, -0.2) is 35.1 Å². The number of halogens is 1. The fraction of sp³-hybridized carbons (Fsp3) is 0.467. The summed E-state index contributed by atoms with van der Waals surface area (Å²) in [6, 6.07) is 4.41. The Morgan fingerprint density at radius 3 is 2.48 bits per heavy atom. The van der Waals surface area contributed by atoms with Gasteiger partial charge in [0.25, 0.3) is 0 Å². The van der Waals surface area contributed by atoms with E-state index in [0.29, 0.717) is 5.56 Å². The maximum atomic E-state index is 13.1. The summed E-state index contributed by atoms with van der Waals surface area (Å²) in [6.07, 6.45) is 0. The van der Waals surface area contributed by atoms with Crippen molar-refractivity contribution in [2.75, 3.05) is 7.05 Å². The number of amides is 2. The Balaban J connectivity index is 2.72. The summed E-state index contributed by atoms with van der Waals surface area (Å²) in [5.41, 5.74) is 0.0246. The van der Waals surface area contributed by atoms with E-state index < -0.39 is 23.5 Å². The molecule has 0 saturated carbocycles. The van der Waals surface area contributed by atoms with Gasteiger partial charge in [0, 0.05) is 13.6 Å². The first kappa shape index (κ1) is 16.9. The lowest BCUT2D eigenvalue weighted by molar-refractivity contribution is -0.142. The summed E-state index contributed by atoms with van der Waals surface area (Å²) >= 11 is 0. The molecule has 0 spiro atoms. The molecule has 6 heteroatoms. The van der Waals surface area contributed by atoms with Crippen molar-refractivity contribution >= 4 is 12.0 Å². The summed E-state index contributed by atoms with van der Waals surface area (Å²) in [6.45, 7) is 5.40. The Kier molecular flexibility index (Phi) is 5.29. The van der Waals surface area contributed by atoms with Crippen molar-refractivity contribution in [1.82, 2.24) is 10.2 Å². The molecule has 0 heterocycles. The van der Waals surface area contributed by atoms with E-state index >= 15 is 0 Å². The van der Waals surface area contributed by atoms with Gasteiger partial charge in [0.05, 0.1) is 0 Å². The lowest BCUT2D eigenvalue weighted by atomic mass is 9.87. The molecule has 1 atom stereocenters. The predicted octanol–water partition coefficient (Wildman–Crippen LogP) is 2.47. The number of aliphatic carboxylic acids is 1.